The summed E-state index contributed by atoms with van der Waals surface area (Å²) in [6, 6.07) is 10.1. The van der Waals surface area contributed by atoms with Crippen LogP contribution in [0.3, 0.4) is 0 Å². The molecule has 0 heterocycles. The molecule has 0 fully saturated rings. The zero-order valence-electron chi connectivity index (χ0n) is 14.3. The van der Waals surface area contributed by atoms with Gasteiger partial charge in [-0.25, -0.2) is 0 Å². The summed E-state index contributed by atoms with van der Waals surface area (Å²) < 4.78 is 0. The molecule has 3 N–H and O–H groups in total. The molecule has 0 aliphatic rings. The van der Waals surface area contributed by atoms with Crippen molar-refractivity contribution in [3.63, 3.8) is 0 Å². The molecular weight excluding hydrogens is 290 g/mol. The molecule has 0 bridgehead atoms. The molecule has 5 nitrogen and oxygen atoms in total. The van der Waals surface area contributed by atoms with E-state index in [1.807, 2.05) is 49.1 Å². The number of hydrogen-bond donors (Lipinski definition) is 2. The Balaban J connectivity index is 2.47. The molecule has 1 aromatic rings. The van der Waals surface area contributed by atoms with Crippen LogP contribution in [0.1, 0.15) is 45.1 Å². The molecule has 0 saturated carbocycles. The van der Waals surface area contributed by atoms with Crippen molar-refractivity contribution in [3.8, 4) is 0 Å². The molecule has 0 aliphatic carbocycles. The average molecular weight is 319 g/mol. The van der Waals surface area contributed by atoms with Crippen LogP contribution >= 0.6 is 0 Å². The van der Waals surface area contributed by atoms with Gasteiger partial charge in [0.05, 0.1) is 0 Å². The highest BCUT2D eigenvalue weighted by molar-refractivity contribution is 5.79. The molecule has 0 atom stereocenters. The standard InChI is InChI=1S/C18H29N3O2/c1-15(2)20-17(22)10-6-11-18(23)21(13-7-12-19)14-16-8-4-3-5-9-16/h3-5,8-9,15H,6-7,10-14,19H2,1-2H3,(H,20,22). The Hall–Kier alpha value is -1.88. The van der Waals surface area contributed by atoms with Gasteiger partial charge in [-0.1, -0.05) is 30.3 Å². The number of benzene rings is 1. The van der Waals surface area contributed by atoms with Gasteiger partial charge in [0, 0.05) is 32.0 Å². The van der Waals surface area contributed by atoms with Gasteiger partial charge in [-0.2, -0.15) is 0 Å². The lowest BCUT2D eigenvalue weighted by Crippen LogP contribution is -2.33. The van der Waals surface area contributed by atoms with Crippen molar-refractivity contribution in [1.29, 1.82) is 0 Å². The first-order valence-electron chi connectivity index (χ1n) is 8.34. The van der Waals surface area contributed by atoms with Crippen LogP contribution in [0.5, 0.6) is 0 Å². The largest absolute Gasteiger partial charge is 0.354 e. The van der Waals surface area contributed by atoms with Crippen LogP contribution in [0.15, 0.2) is 30.3 Å². The van der Waals surface area contributed by atoms with Gasteiger partial charge in [-0.3, -0.25) is 9.59 Å². The number of amides is 2. The lowest BCUT2D eigenvalue weighted by Gasteiger charge is -2.23. The van der Waals surface area contributed by atoms with Crippen molar-refractivity contribution >= 4 is 11.8 Å². The Morgan fingerprint density at radius 2 is 1.83 bits per heavy atom. The van der Waals surface area contributed by atoms with Crippen molar-refractivity contribution in [2.75, 3.05) is 13.1 Å². The van der Waals surface area contributed by atoms with E-state index in [1.54, 1.807) is 0 Å². The monoisotopic (exact) mass is 319 g/mol. The number of carbonyl (C=O) groups is 2. The van der Waals surface area contributed by atoms with E-state index in [2.05, 4.69) is 5.32 Å². The van der Waals surface area contributed by atoms with Crippen molar-refractivity contribution < 1.29 is 9.59 Å². The summed E-state index contributed by atoms with van der Waals surface area (Å²) in [6.07, 6.45) is 2.14. The maximum atomic E-state index is 12.4. The average Bonchev–Trinajstić information content (AvgIpc) is 2.51. The molecule has 1 aromatic carbocycles. The molecule has 5 heteroatoms. The van der Waals surface area contributed by atoms with Gasteiger partial charge in [0.25, 0.3) is 0 Å². The second kappa shape index (κ2) is 10.8. The molecule has 0 spiro atoms. The first-order chi connectivity index (χ1) is 11.0. The molecule has 0 unspecified atom stereocenters. The minimum absolute atomic E-state index is 0.00404. The van der Waals surface area contributed by atoms with Crippen molar-refractivity contribution in [2.24, 2.45) is 5.73 Å². The first kappa shape index (κ1) is 19.2. The minimum atomic E-state index is 0.00404. The van der Waals surface area contributed by atoms with E-state index in [9.17, 15) is 9.59 Å². The summed E-state index contributed by atoms with van der Waals surface area (Å²) in [5.74, 6) is 0.0871. The highest BCUT2D eigenvalue weighted by atomic mass is 16.2. The summed E-state index contributed by atoms with van der Waals surface area (Å²) in [5.41, 5.74) is 6.67. The van der Waals surface area contributed by atoms with E-state index in [-0.39, 0.29) is 17.9 Å². The molecule has 0 radical (unpaired) electrons. The van der Waals surface area contributed by atoms with Gasteiger partial charge in [0.2, 0.25) is 11.8 Å². The molecule has 0 aromatic heterocycles. The smallest absolute Gasteiger partial charge is 0.222 e. The Kier molecular flexibility index (Phi) is 8.98. The third-order valence-electron chi connectivity index (χ3n) is 3.45. The van der Waals surface area contributed by atoms with E-state index in [4.69, 9.17) is 5.73 Å². The fourth-order valence-corrected chi connectivity index (χ4v) is 2.33. The lowest BCUT2D eigenvalue weighted by atomic mass is 10.1. The van der Waals surface area contributed by atoms with Gasteiger partial charge >= 0.3 is 0 Å². The summed E-state index contributed by atoms with van der Waals surface area (Å²) >= 11 is 0. The second-order valence-corrected chi connectivity index (χ2v) is 6.02. The van der Waals surface area contributed by atoms with Crippen molar-refractivity contribution in [2.45, 2.75) is 52.1 Å². The van der Waals surface area contributed by atoms with Crippen LogP contribution < -0.4 is 11.1 Å². The Labute approximate surface area is 139 Å². The van der Waals surface area contributed by atoms with Crippen molar-refractivity contribution in [3.05, 3.63) is 35.9 Å². The highest BCUT2D eigenvalue weighted by Gasteiger charge is 2.14. The quantitative estimate of drug-likeness (QED) is 0.693. The van der Waals surface area contributed by atoms with Gasteiger partial charge in [0.15, 0.2) is 0 Å². The number of rotatable bonds is 10. The zero-order valence-corrected chi connectivity index (χ0v) is 14.3. The summed E-state index contributed by atoms with van der Waals surface area (Å²) in [4.78, 5) is 25.9. The van der Waals surface area contributed by atoms with Crippen LogP contribution in [-0.4, -0.2) is 35.8 Å². The van der Waals surface area contributed by atoms with Crippen LogP contribution in [-0.2, 0) is 16.1 Å². The fraction of sp³-hybridized carbons (Fsp3) is 0.556. The Bertz CT molecular complexity index is 474. The van der Waals surface area contributed by atoms with Crippen molar-refractivity contribution in [1.82, 2.24) is 10.2 Å². The molecule has 0 saturated heterocycles. The summed E-state index contributed by atoms with van der Waals surface area (Å²) in [7, 11) is 0. The summed E-state index contributed by atoms with van der Waals surface area (Å²) in [6.45, 7) is 5.67. The van der Waals surface area contributed by atoms with Gasteiger partial charge < -0.3 is 16.0 Å². The van der Waals surface area contributed by atoms with Crippen LogP contribution in [0.4, 0.5) is 0 Å². The van der Waals surface area contributed by atoms with Crippen LogP contribution in [0, 0.1) is 0 Å². The third-order valence-corrected chi connectivity index (χ3v) is 3.45. The third kappa shape index (κ3) is 8.35. The fourth-order valence-electron chi connectivity index (χ4n) is 2.33. The Morgan fingerprint density at radius 3 is 2.43 bits per heavy atom. The SMILES string of the molecule is CC(C)NC(=O)CCCC(=O)N(CCCN)Cc1ccccc1. The second-order valence-electron chi connectivity index (χ2n) is 6.02. The van der Waals surface area contributed by atoms with E-state index in [1.165, 1.54) is 0 Å². The molecule has 0 aliphatic heterocycles. The molecule has 23 heavy (non-hydrogen) atoms. The molecular formula is C18H29N3O2. The predicted molar refractivity (Wildman–Crippen MR) is 92.7 cm³/mol. The number of hydrogen-bond acceptors (Lipinski definition) is 3. The van der Waals surface area contributed by atoms with E-state index in [0.717, 1.165) is 12.0 Å². The number of nitrogens with two attached hydrogens (primary N) is 1. The van der Waals surface area contributed by atoms with Gasteiger partial charge in [0.1, 0.15) is 0 Å². The highest BCUT2D eigenvalue weighted by Crippen LogP contribution is 2.09. The minimum Gasteiger partial charge on any atom is -0.354 e. The number of nitrogens with one attached hydrogen (secondary N) is 1. The first-order valence-corrected chi connectivity index (χ1v) is 8.34. The normalized spacial score (nSPS) is 10.6. The van der Waals surface area contributed by atoms with E-state index >= 15 is 0 Å². The molecule has 1 rings (SSSR count). The maximum Gasteiger partial charge on any atom is 0.222 e. The number of carbonyl (C=O) groups excluding carboxylic acids is 2. The maximum absolute atomic E-state index is 12.4. The molecule has 2 amide bonds. The van der Waals surface area contributed by atoms with E-state index < -0.39 is 0 Å². The zero-order chi connectivity index (χ0) is 17.1. The number of nitrogens with zero attached hydrogens (tertiary/aromatic N) is 1. The van der Waals surface area contributed by atoms with Crippen LogP contribution in [0.25, 0.3) is 0 Å². The predicted octanol–water partition coefficient (Wildman–Crippen LogP) is 2.06. The Morgan fingerprint density at radius 1 is 1.13 bits per heavy atom. The van der Waals surface area contributed by atoms with Gasteiger partial charge in [-0.15, -0.1) is 0 Å². The molecule has 128 valence electrons. The van der Waals surface area contributed by atoms with Crippen LogP contribution in [0.2, 0.25) is 0 Å². The van der Waals surface area contributed by atoms with Gasteiger partial charge in [-0.05, 0) is 38.8 Å². The van der Waals surface area contributed by atoms with E-state index in [0.29, 0.717) is 38.9 Å². The lowest BCUT2D eigenvalue weighted by molar-refractivity contribution is -0.132. The topological polar surface area (TPSA) is 75.4 Å². The summed E-state index contributed by atoms with van der Waals surface area (Å²) in [5, 5.41) is 2.84.